The second-order valence-corrected chi connectivity index (χ2v) is 6.81. The highest BCUT2D eigenvalue weighted by atomic mass is 16.5. The normalized spacial score (nSPS) is 21.5. The molecule has 5 heteroatoms. The number of hydrogen-bond acceptors (Lipinski definition) is 3. The molecule has 0 bridgehead atoms. The molecule has 1 saturated heterocycles. The zero-order valence-corrected chi connectivity index (χ0v) is 16.0. The van der Waals surface area contributed by atoms with E-state index in [4.69, 9.17) is 4.74 Å². The largest absolute Gasteiger partial charge is 0.380 e. The first kappa shape index (κ1) is 19.7. The summed E-state index contributed by atoms with van der Waals surface area (Å²) in [7, 11) is 1.83. The Morgan fingerprint density at radius 1 is 1.28 bits per heavy atom. The monoisotopic (exact) mass is 346 g/mol. The number of benzene rings is 1. The van der Waals surface area contributed by atoms with Gasteiger partial charge in [-0.05, 0) is 25.3 Å². The van der Waals surface area contributed by atoms with E-state index in [2.05, 4.69) is 64.7 Å². The minimum Gasteiger partial charge on any atom is -0.380 e. The number of aliphatic imine (C=N–C) groups is 1. The zero-order valence-electron chi connectivity index (χ0n) is 16.0. The molecule has 25 heavy (non-hydrogen) atoms. The molecule has 0 saturated carbocycles. The van der Waals surface area contributed by atoms with Crippen LogP contribution in [0.5, 0.6) is 0 Å². The van der Waals surface area contributed by atoms with Crippen LogP contribution >= 0.6 is 0 Å². The molecule has 1 fully saturated rings. The van der Waals surface area contributed by atoms with Crippen LogP contribution < -0.4 is 10.6 Å². The first-order valence-corrected chi connectivity index (χ1v) is 9.55. The summed E-state index contributed by atoms with van der Waals surface area (Å²) in [5.41, 5.74) is 1.38. The third-order valence-corrected chi connectivity index (χ3v) is 4.68. The van der Waals surface area contributed by atoms with Crippen molar-refractivity contribution in [2.24, 2.45) is 4.99 Å². The average molecular weight is 347 g/mol. The van der Waals surface area contributed by atoms with Gasteiger partial charge in [0.05, 0.1) is 6.61 Å². The topological polar surface area (TPSA) is 48.9 Å². The molecular formula is C20H34N4O. The van der Waals surface area contributed by atoms with Crippen molar-refractivity contribution in [1.82, 2.24) is 15.5 Å². The number of hydrogen-bond donors (Lipinski definition) is 2. The fraction of sp³-hybridized carbons (Fsp3) is 0.650. The molecule has 140 valence electrons. The molecule has 0 aliphatic carbocycles. The molecule has 0 spiro atoms. The lowest BCUT2D eigenvalue weighted by molar-refractivity contribution is 0.136. The predicted molar refractivity (Wildman–Crippen MR) is 105 cm³/mol. The van der Waals surface area contributed by atoms with E-state index in [1.807, 2.05) is 7.05 Å². The average Bonchev–Trinajstić information content (AvgIpc) is 2.97. The third-order valence-electron chi connectivity index (χ3n) is 4.68. The minimum absolute atomic E-state index is 0.436. The summed E-state index contributed by atoms with van der Waals surface area (Å²) in [6, 6.07) is 11.7. The summed E-state index contributed by atoms with van der Waals surface area (Å²) in [5, 5.41) is 6.90. The summed E-state index contributed by atoms with van der Waals surface area (Å²) in [5.74, 6) is 0.873. The summed E-state index contributed by atoms with van der Waals surface area (Å²) >= 11 is 0. The van der Waals surface area contributed by atoms with E-state index in [-0.39, 0.29) is 0 Å². The molecule has 1 aromatic carbocycles. The van der Waals surface area contributed by atoms with Crippen LogP contribution in [0.1, 0.15) is 38.7 Å². The molecule has 2 rings (SSSR count). The van der Waals surface area contributed by atoms with Gasteiger partial charge < -0.3 is 15.4 Å². The van der Waals surface area contributed by atoms with E-state index in [1.165, 1.54) is 12.0 Å². The number of likely N-dealkylation sites (tertiary alicyclic amines) is 1. The molecule has 0 amide bonds. The quantitative estimate of drug-likeness (QED) is 0.410. The maximum absolute atomic E-state index is 5.59. The number of guanidine groups is 1. The van der Waals surface area contributed by atoms with Gasteiger partial charge in [-0.25, -0.2) is 0 Å². The van der Waals surface area contributed by atoms with Crippen molar-refractivity contribution in [3.63, 3.8) is 0 Å². The molecule has 2 unspecified atom stereocenters. The Hall–Kier alpha value is -1.59. The second kappa shape index (κ2) is 11.1. The second-order valence-electron chi connectivity index (χ2n) is 6.81. The SMILES string of the molecule is CCCCOCCNC(=NC)NC1CC(C)N(Cc2ccccc2)C1. The van der Waals surface area contributed by atoms with Gasteiger partial charge >= 0.3 is 0 Å². The van der Waals surface area contributed by atoms with Crippen LogP contribution in [0.3, 0.4) is 0 Å². The van der Waals surface area contributed by atoms with E-state index in [0.717, 1.165) is 51.6 Å². The van der Waals surface area contributed by atoms with Crippen LogP contribution in [0.2, 0.25) is 0 Å². The van der Waals surface area contributed by atoms with Gasteiger partial charge in [0.2, 0.25) is 0 Å². The van der Waals surface area contributed by atoms with Crippen molar-refractivity contribution in [1.29, 1.82) is 0 Å². The Kier molecular flexibility index (Phi) is 8.77. The highest BCUT2D eigenvalue weighted by molar-refractivity contribution is 5.80. The third kappa shape index (κ3) is 7.04. The maximum Gasteiger partial charge on any atom is 0.191 e. The molecule has 0 aromatic heterocycles. The molecule has 0 radical (unpaired) electrons. The summed E-state index contributed by atoms with van der Waals surface area (Å²) in [6.45, 7) is 8.90. The number of nitrogens with zero attached hydrogens (tertiary/aromatic N) is 2. The lowest BCUT2D eigenvalue weighted by Crippen LogP contribution is -2.45. The van der Waals surface area contributed by atoms with Gasteiger partial charge in [0.15, 0.2) is 5.96 Å². The van der Waals surface area contributed by atoms with Crippen LogP contribution in [-0.2, 0) is 11.3 Å². The molecule has 1 aliphatic rings. The van der Waals surface area contributed by atoms with Crippen molar-refractivity contribution in [2.75, 3.05) is 33.4 Å². The van der Waals surface area contributed by atoms with Crippen LogP contribution in [0, 0.1) is 0 Å². The van der Waals surface area contributed by atoms with Gasteiger partial charge in [0.1, 0.15) is 0 Å². The lowest BCUT2D eigenvalue weighted by Gasteiger charge is -2.21. The van der Waals surface area contributed by atoms with Gasteiger partial charge in [-0.1, -0.05) is 43.7 Å². The van der Waals surface area contributed by atoms with Gasteiger partial charge in [-0.3, -0.25) is 9.89 Å². The molecule has 2 atom stereocenters. The van der Waals surface area contributed by atoms with E-state index in [0.29, 0.717) is 12.1 Å². The first-order chi connectivity index (χ1) is 12.2. The Bertz CT molecular complexity index is 506. The zero-order chi connectivity index (χ0) is 17.9. The van der Waals surface area contributed by atoms with E-state index >= 15 is 0 Å². The molecule has 1 aromatic rings. The highest BCUT2D eigenvalue weighted by Crippen LogP contribution is 2.20. The number of unbranched alkanes of at least 4 members (excludes halogenated alkanes) is 1. The summed E-state index contributed by atoms with van der Waals surface area (Å²) in [4.78, 5) is 6.88. The summed E-state index contributed by atoms with van der Waals surface area (Å²) in [6.07, 6.45) is 3.45. The van der Waals surface area contributed by atoms with Crippen LogP contribution in [0.15, 0.2) is 35.3 Å². The Morgan fingerprint density at radius 2 is 2.08 bits per heavy atom. The highest BCUT2D eigenvalue weighted by Gasteiger charge is 2.29. The van der Waals surface area contributed by atoms with Gasteiger partial charge in [0, 0.05) is 45.4 Å². The Morgan fingerprint density at radius 3 is 2.80 bits per heavy atom. The van der Waals surface area contributed by atoms with Gasteiger partial charge in [-0.2, -0.15) is 0 Å². The molecule has 5 nitrogen and oxygen atoms in total. The summed E-state index contributed by atoms with van der Waals surface area (Å²) < 4.78 is 5.59. The predicted octanol–water partition coefficient (Wildman–Crippen LogP) is 2.63. The molecule has 2 N–H and O–H groups in total. The smallest absolute Gasteiger partial charge is 0.191 e. The van der Waals surface area contributed by atoms with Gasteiger partial charge in [-0.15, -0.1) is 0 Å². The Balaban J connectivity index is 1.70. The van der Waals surface area contributed by atoms with Crippen LogP contribution in [0.4, 0.5) is 0 Å². The van der Waals surface area contributed by atoms with E-state index in [9.17, 15) is 0 Å². The first-order valence-electron chi connectivity index (χ1n) is 9.55. The van der Waals surface area contributed by atoms with Crippen LogP contribution in [0.25, 0.3) is 0 Å². The lowest BCUT2D eigenvalue weighted by atomic mass is 10.2. The van der Waals surface area contributed by atoms with Crippen molar-refractivity contribution < 1.29 is 4.74 Å². The van der Waals surface area contributed by atoms with Crippen molar-refractivity contribution >= 4 is 5.96 Å². The number of nitrogens with one attached hydrogen (secondary N) is 2. The number of ether oxygens (including phenoxy) is 1. The van der Waals surface area contributed by atoms with E-state index in [1.54, 1.807) is 0 Å². The molecule has 1 aliphatic heterocycles. The maximum atomic E-state index is 5.59. The van der Waals surface area contributed by atoms with Crippen molar-refractivity contribution in [2.45, 2.75) is 51.7 Å². The fourth-order valence-electron chi connectivity index (χ4n) is 3.22. The fourth-order valence-corrected chi connectivity index (χ4v) is 3.22. The Labute approximate surface area is 152 Å². The van der Waals surface area contributed by atoms with Crippen molar-refractivity contribution in [3.05, 3.63) is 35.9 Å². The van der Waals surface area contributed by atoms with Crippen molar-refractivity contribution in [3.8, 4) is 0 Å². The number of rotatable bonds is 9. The molecule has 1 heterocycles. The minimum atomic E-state index is 0.436. The van der Waals surface area contributed by atoms with Crippen LogP contribution in [-0.4, -0.2) is 56.3 Å². The molecular weight excluding hydrogens is 312 g/mol. The van der Waals surface area contributed by atoms with Gasteiger partial charge in [0.25, 0.3) is 0 Å². The standard InChI is InChI=1S/C20H34N4O/c1-4-5-12-25-13-11-22-20(21-3)23-19-14-17(2)24(16-19)15-18-9-7-6-8-10-18/h6-10,17,19H,4-5,11-16H2,1-3H3,(H2,21,22,23). The van der Waals surface area contributed by atoms with E-state index < -0.39 is 0 Å².